The second kappa shape index (κ2) is 4.67. The van der Waals surface area contributed by atoms with Crippen LogP contribution in [0.2, 0.25) is 5.15 Å². The summed E-state index contributed by atoms with van der Waals surface area (Å²) in [5.74, 6) is 0.567. The predicted molar refractivity (Wildman–Crippen MR) is 68.8 cm³/mol. The lowest BCUT2D eigenvalue weighted by Gasteiger charge is -2.06. The molecular weight excluding hydrogens is 218 g/mol. The summed E-state index contributed by atoms with van der Waals surface area (Å²) < 4.78 is 0. The molecule has 2 rings (SSSR count). The van der Waals surface area contributed by atoms with E-state index in [1.165, 1.54) is 11.1 Å². The molecule has 2 aromatic rings. The average Bonchev–Trinajstić information content (AvgIpc) is 2.30. The minimum Gasteiger partial charge on any atom is -0.244 e. The van der Waals surface area contributed by atoms with Gasteiger partial charge in [0, 0.05) is 11.8 Å². The molecule has 82 valence electrons. The highest BCUT2D eigenvalue weighted by molar-refractivity contribution is 6.29. The molecule has 0 saturated heterocycles. The van der Waals surface area contributed by atoms with Crippen molar-refractivity contribution in [3.63, 3.8) is 0 Å². The van der Waals surface area contributed by atoms with E-state index in [9.17, 15) is 0 Å². The molecule has 0 aliphatic heterocycles. The van der Waals surface area contributed by atoms with E-state index in [2.05, 4.69) is 43.1 Å². The number of pyridine rings is 1. The van der Waals surface area contributed by atoms with E-state index >= 15 is 0 Å². The van der Waals surface area contributed by atoms with Crippen molar-refractivity contribution in [2.24, 2.45) is 0 Å². The number of rotatable bonds is 2. The summed E-state index contributed by atoms with van der Waals surface area (Å²) in [4.78, 5) is 4.08. The molecule has 0 fully saturated rings. The van der Waals surface area contributed by atoms with E-state index in [1.807, 2.05) is 12.1 Å². The summed E-state index contributed by atoms with van der Waals surface area (Å²) in [5.41, 5.74) is 3.62. The van der Waals surface area contributed by atoms with Gasteiger partial charge >= 0.3 is 0 Å². The molecule has 0 amide bonds. The maximum atomic E-state index is 5.75. The van der Waals surface area contributed by atoms with E-state index in [1.54, 1.807) is 6.20 Å². The van der Waals surface area contributed by atoms with Crippen LogP contribution in [0.4, 0.5) is 0 Å². The third-order valence-electron chi connectivity index (χ3n) is 2.64. The average molecular weight is 232 g/mol. The van der Waals surface area contributed by atoms with Crippen LogP contribution in [0.25, 0.3) is 11.1 Å². The van der Waals surface area contributed by atoms with Gasteiger partial charge in [0.25, 0.3) is 0 Å². The van der Waals surface area contributed by atoms with Gasteiger partial charge in [-0.2, -0.15) is 0 Å². The second-order valence-corrected chi connectivity index (χ2v) is 4.53. The molecule has 0 unspecified atom stereocenters. The first-order valence-electron chi connectivity index (χ1n) is 5.38. The predicted octanol–water partition coefficient (Wildman–Crippen LogP) is 4.53. The summed E-state index contributed by atoms with van der Waals surface area (Å²) >= 11 is 5.75. The topological polar surface area (TPSA) is 12.9 Å². The Kier molecular flexibility index (Phi) is 3.25. The molecule has 16 heavy (non-hydrogen) atoms. The van der Waals surface area contributed by atoms with E-state index < -0.39 is 0 Å². The monoisotopic (exact) mass is 231 g/mol. The highest BCUT2D eigenvalue weighted by Crippen LogP contribution is 2.22. The van der Waals surface area contributed by atoms with Gasteiger partial charge in [0.1, 0.15) is 5.15 Å². The summed E-state index contributed by atoms with van der Waals surface area (Å²) in [6.07, 6.45) is 1.80. The Morgan fingerprint density at radius 2 is 1.56 bits per heavy atom. The summed E-state index contributed by atoms with van der Waals surface area (Å²) in [7, 11) is 0. The van der Waals surface area contributed by atoms with Crippen LogP contribution < -0.4 is 0 Å². The maximum Gasteiger partial charge on any atom is 0.129 e. The minimum absolute atomic E-state index is 0.530. The number of aromatic nitrogens is 1. The molecule has 1 aromatic heterocycles. The second-order valence-electron chi connectivity index (χ2n) is 4.15. The molecule has 0 aliphatic rings. The summed E-state index contributed by atoms with van der Waals surface area (Å²) in [5, 5.41) is 0.530. The van der Waals surface area contributed by atoms with E-state index in [0.717, 1.165) is 5.56 Å². The Hall–Kier alpha value is -1.34. The number of halogens is 1. The van der Waals surface area contributed by atoms with Crippen molar-refractivity contribution in [1.82, 2.24) is 4.98 Å². The van der Waals surface area contributed by atoms with Crippen LogP contribution in [0.3, 0.4) is 0 Å². The zero-order valence-corrected chi connectivity index (χ0v) is 10.2. The van der Waals surface area contributed by atoms with Crippen molar-refractivity contribution in [2.45, 2.75) is 19.8 Å². The molecule has 1 nitrogen and oxygen atoms in total. The molecule has 2 heteroatoms. The summed E-state index contributed by atoms with van der Waals surface area (Å²) in [6, 6.07) is 12.4. The zero-order valence-electron chi connectivity index (χ0n) is 9.44. The highest BCUT2D eigenvalue weighted by Gasteiger charge is 2.01. The van der Waals surface area contributed by atoms with Crippen molar-refractivity contribution >= 4 is 11.6 Å². The fraction of sp³-hybridized carbons (Fsp3) is 0.214. The fourth-order valence-corrected chi connectivity index (χ4v) is 1.72. The van der Waals surface area contributed by atoms with Crippen LogP contribution in [-0.2, 0) is 0 Å². The van der Waals surface area contributed by atoms with Crippen molar-refractivity contribution in [1.29, 1.82) is 0 Å². The van der Waals surface area contributed by atoms with Crippen molar-refractivity contribution < 1.29 is 0 Å². The number of nitrogens with zero attached hydrogens (tertiary/aromatic N) is 1. The standard InChI is InChI=1S/C14H14ClN/c1-10(2)11-3-5-12(6-4-11)13-7-8-14(15)16-9-13/h3-10H,1-2H3. The van der Waals surface area contributed by atoms with Gasteiger partial charge in [0.15, 0.2) is 0 Å². The van der Waals surface area contributed by atoms with E-state index in [-0.39, 0.29) is 0 Å². The molecule has 0 atom stereocenters. The van der Waals surface area contributed by atoms with E-state index in [4.69, 9.17) is 11.6 Å². The van der Waals surface area contributed by atoms with Gasteiger partial charge in [0.2, 0.25) is 0 Å². The number of hydrogen-bond donors (Lipinski definition) is 0. The highest BCUT2D eigenvalue weighted by atomic mass is 35.5. The lowest BCUT2D eigenvalue weighted by molar-refractivity contribution is 0.867. The maximum absolute atomic E-state index is 5.75. The normalized spacial score (nSPS) is 10.8. The largest absolute Gasteiger partial charge is 0.244 e. The lowest BCUT2D eigenvalue weighted by Crippen LogP contribution is -1.87. The Morgan fingerprint density at radius 3 is 2.06 bits per heavy atom. The smallest absolute Gasteiger partial charge is 0.129 e. The molecular formula is C14H14ClN. The van der Waals surface area contributed by atoms with Crippen LogP contribution >= 0.6 is 11.6 Å². The third-order valence-corrected chi connectivity index (χ3v) is 2.86. The van der Waals surface area contributed by atoms with Crippen LogP contribution in [0.15, 0.2) is 42.6 Å². The van der Waals surface area contributed by atoms with Gasteiger partial charge < -0.3 is 0 Å². The van der Waals surface area contributed by atoms with Gasteiger partial charge in [-0.25, -0.2) is 4.98 Å². The number of hydrogen-bond acceptors (Lipinski definition) is 1. The molecule has 0 radical (unpaired) electrons. The van der Waals surface area contributed by atoms with Crippen molar-refractivity contribution in [3.8, 4) is 11.1 Å². The van der Waals surface area contributed by atoms with Crippen molar-refractivity contribution in [2.75, 3.05) is 0 Å². The van der Waals surface area contributed by atoms with Crippen LogP contribution in [0.1, 0.15) is 25.3 Å². The number of benzene rings is 1. The van der Waals surface area contributed by atoms with E-state index in [0.29, 0.717) is 11.1 Å². The molecule has 1 aromatic carbocycles. The fourth-order valence-electron chi connectivity index (χ4n) is 1.61. The van der Waals surface area contributed by atoms with Crippen LogP contribution in [0, 0.1) is 0 Å². The van der Waals surface area contributed by atoms with Gasteiger partial charge in [-0.1, -0.05) is 49.7 Å². The summed E-state index contributed by atoms with van der Waals surface area (Å²) in [6.45, 7) is 4.39. The first-order valence-corrected chi connectivity index (χ1v) is 5.76. The Labute approximate surface area is 101 Å². The Bertz CT molecular complexity index is 457. The molecule has 0 spiro atoms. The minimum atomic E-state index is 0.530. The SMILES string of the molecule is CC(C)c1ccc(-c2ccc(Cl)nc2)cc1. The van der Waals surface area contributed by atoms with Crippen LogP contribution in [-0.4, -0.2) is 4.98 Å². The first kappa shape index (κ1) is 11.2. The third kappa shape index (κ3) is 2.42. The van der Waals surface area contributed by atoms with Gasteiger partial charge in [0.05, 0.1) is 0 Å². The first-order chi connectivity index (χ1) is 7.66. The Morgan fingerprint density at radius 1 is 0.938 bits per heavy atom. The lowest BCUT2D eigenvalue weighted by atomic mass is 10.00. The Balaban J connectivity index is 2.31. The van der Waals surface area contributed by atoms with Gasteiger partial charge in [-0.15, -0.1) is 0 Å². The van der Waals surface area contributed by atoms with Gasteiger partial charge in [-0.3, -0.25) is 0 Å². The van der Waals surface area contributed by atoms with Gasteiger partial charge in [-0.05, 0) is 29.2 Å². The zero-order chi connectivity index (χ0) is 11.5. The molecule has 0 saturated carbocycles. The quantitative estimate of drug-likeness (QED) is 0.693. The molecule has 1 heterocycles. The molecule has 0 bridgehead atoms. The van der Waals surface area contributed by atoms with Crippen LogP contribution in [0.5, 0.6) is 0 Å². The molecule has 0 N–H and O–H groups in total. The van der Waals surface area contributed by atoms with Crippen molar-refractivity contribution in [3.05, 3.63) is 53.3 Å². The molecule has 0 aliphatic carbocycles.